The number of aryl methyl sites for hydroxylation is 1. The lowest BCUT2D eigenvalue weighted by atomic mass is 10.1. The average molecular weight is 532 g/mol. The first kappa shape index (κ1) is 25.8. The summed E-state index contributed by atoms with van der Waals surface area (Å²) >= 11 is 0. The van der Waals surface area contributed by atoms with Gasteiger partial charge in [0.2, 0.25) is 10.0 Å². The van der Waals surface area contributed by atoms with Gasteiger partial charge in [-0.1, -0.05) is 24.6 Å². The minimum atomic E-state index is -4.07. The third kappa shape index (κ3) is 5.58. The quantitative estimate of drug-likeness (QED) is 0.470. The van der Waals surface area contributed by atoms with Crippen LogP contribution in [0.25, 0.3) is 0 Å². The van der Waals surface area contributed by atoms with E-state index in [1.54, 1.807) is 13.0 Å². The van der Waals surface area contributed by atoms with Crippen molar-refractivity contribution in [3.8, 4) is 0 Å². The monoisotopic (exact) mass is 531 g/mol. The van der Waals surface area contributed by atoms with Crippen LogP contribution in [0.3, 0.4) is 0 Å². The van der Waals surface area contributed by atoms with E-state index in [0.29, 0.717) is 24.3 Å². The Morgan fingerprint density at radius 3 is 2.14 bits per heavy atom. The number of carbonyl (C=O) groups excluding carboxylic acids is 1. The van der Waals surface area contributed by atoms with E-state index in [1.165, 1.54) is 58.9 Å². The highest BCUT2D eigenvalue weighted by molar-refractivity contribution is 7.92. The zero-order chi connectivity index (χ0) is 25.9. The maximum absolute atomic E-state index is 13.8. The predicted molar refractivity (Wildman–Crippen MR) is 135 cm³/mol. The van der Waals surface area contributed by atoms with E-state index in [4.69, 9.17) is 0 Å². The van der Waals surface area contributed by atoms with Gasteiger partial charge in [-0.05, 0) is 73.9 Å². The molecule has 8 nitrogen and oxygen atoms in total. The molecule has 1 amide bonds. The number of benzene rings is 3. The van der Waals surface area contributed by atoms with Crippen molar-refractivity contribution in [2.45, 2.75) is 36.0 Å². The fourth-order valence-corrected chi connectivity index (χ4v) is 6.49. The second-order valence-electron chi connectivity index (χ2n) is 8.51. The molecule has 0 spiro atoms. The summed E-state index contributed by atoms with van der Waals surface area (Å²) in [7, 11) is -7.74. The smallest absolute Gasteiger partial charge is 0.261 e. The number of halogens is 1. The Morgan fingerprint density at radius 1 is 0.833 bits per heavy atom. The summed E-state index contributed by atoms with van der Waals surface area (Å²) < 4.78 is 68.7. The Balaban J connectivity index is 1.51. The zero-order valence-electron chi connectivity index (χ0n) is 19.6. The van der Waals surface area contributed by atoms with Crippen molar-refractivity contribution >= 4 is 37.3 Å². The number of carbonyl (C=O) groups is 1. The molecule has 3 aromatic rings. The van der Waals surface area contributed by atoms with Crippen LogP contribution in [0.15, 0.2) is 76.5 Å². The van der Waals surface area contributed by atoms with E-state index < -0.39 is 31.8 Å². The normalized spacial score (nSPS) is 14.8. The standard InChI is InChI=1S/C25H26FN3O5S2/c1-18-9-12-21(36(33,34)29-15-5-2-6-16-29)17-24(18)27-25(30)19-10-13-20(14-11-19)35(31,32)28-23-8-4-3-7-22(23)26/h3-4,7-14,17,28H,2,5-6,15-16H2,1H3,(H,27,30). The molecule has 3 aromatic carbocycles. The number of hydrogen-bond donors (Lipinski definition) is 2. The molecule has 0 radical (unpaired) electrons. The van der Waals surface area contributed by atoms with Crippen LogP contribution in [0.2, 0.25) is 0 Å². The molecule has 36 heavy (non-hydrogen) atoms. The van der Waals surface area contributed by atoms with Crippen molar-refractivity contribution in [2.24, 2.45) is 0 Å². The predicted octanol–water partition coefficient (Wildman–Crippen LogP) is 4.36. The van der Waals surface area contributed by atoms with Crippen molar-refractivity contribution in [1.29, 1.82) is 0 Å². The van der Waals surface area contributed by atoms with E-state index >= 15 is 0 Å². The van der Waals surface area contributed by atoms with Crippen LogP contribution in [0.1, 0.15) is 35.2 Å². The van der Waals surface area contributed by atoms with Crippen molar-refractivity contribution in [2.75, 3.05) is 23.1 Å². The van der Waals surface area contributed by atoms with Crippen molar-refractivity contribution < 1.29 is 26.0 Å². The highest BCUT2D eigenvalue weighted by atomic mass is 32.2. The topological polar surface area (TPSA) is 113 Å². The molecule has 1 heterocycles. The first-order valence-electron chi connectivity index (χ1n) is 11.4. The molecule has 1 fully saturated rings. The summed E-state index contributed by atoms with van der Waals surface area (Å²) in [5.74, 6) is -1.24. The summed E-state index contributed by atoms with van der Waals surface area (Å²) in [5.41, 5.74) is 1.00. The molecule has 1 saturated heterocycles. The number of amides is 1. The van der Waals surface area contributed by atoms with Gasteiger partial charge < -0.3 is 5.32 Å². The number of anilines is 2. The van der Waals surface area contributed by atoms with Crippen LogP contribution in [-0.2, 0) is 20.0 Å². The maximum Gasteiger partial charge on any atom is 0.261 e. The van der Waals surface area contributed by atoms with Crippen LogP contribution >= 0.6 is 0 Å². The van der Waals surface area contributed by atoms with Crippen molar-refractivity contribution in [1.82, 2.24) is 4.31 Å². The molecule has 1 aliphatic heterocycles. The maximum atomic E-state index is 13.8. The summed E-state index contributed by atoms with van der Waals surface area (Å²) in [6.07, 6.45) is 2.63. The summed E-state index contributed by atoms with van der Waals surface area (Å²) in [4.78, 5) is 12.8. The van der Waals surface area contributed by atoms with Gasteiger partial charge >= 0.3 is 0 Å². The van der Waals surface area contributed by atoms with Gasteiger partial charge in [0.05, 0.1) is 15.5 Å². The number of piperidine rings is 1. The average Bonchev–Trinajstić information content (AvgIpc) is 2.87. The first-order valence-corrected chi connectivity index (χ1v) is 14.3. The fourth-order valence-electron chi connectivity index (χ4n) is 3.88. The van der Waals surface area contributed by atoms with Gasteiger partial charge in [-0.25, -0.2) is 21.2 Å². The van der Waals surface area contributed by atoms with Gasteiger partial charge in [0.1, 0.15) is 5.82 Å². The van der Waals surface area contributed by atoms with Crippen molar-refractivity contribution in [3.05, 3.63) is 83.7 Å². The van der Waals surface area contributed by atoms with Crippen LogP contribution in [-0.4, -0.2) is 40.1 Å². The molecule has 4 rings (SSSR count). The minimum Gasteiger partial charge on any atom is -0.322 e. The molecule has 0 unspecified atom stereocenters. The zero-order valence-corrected chi connectivity index (χ0v) is 21.2. The number of hydrogen-bond acceptors (Lipinski definition) is 5. The largest absolute Gasteiger partial charge is 0.322 e. The van der Waals surface area contributed by atoms with Crippen molar-refractivity contribution in [3.63, 3.8) is 0 Å². The van der Waals surface area contributed by atoms with Crippen LogP contribution in [0, 0.1) is 12.7 Å². The van der Waals surface area contributed by atoms with Crippen LogP contribution in [0.4, 0.5) is 15.8 Å². The molecular weight excluding hydrogens is 505 g/mol. The number of para-hydroxylation sites is 1. The SMILES string of the molecule is Cc1ccc(S(=O)(=O)N2CCCCC2)cc1NC(=O)c1ccc(S(=O)(=O)Nc2ccccc2F)cc1. The fraction of sp³-hybridized carbons (Fsp3) is 0.240. The highest BCUT2D eigenvalue weighted by Crippen LogP contribution is 2.26. The molecule has 11 heteroatoms. The Morgan fingerprint density at radius 2 is 1.47 bits per heavy atom. The molecule has 0 aromatic heterocycles. The van der Waals surface area contributed by atoms with E-state index in [0.717, 1.165) is 25.3 Å². The number of nitrogens with zero attached hydrogens (tertiary/aromatic N) is 1. The summed E-state index contributed by atoms with van der Waals surface area (Å²) in [5, 5.41) is 2.71. The third-order valence-electron chi connectivity index (χ3n) is 5.96. The Bertz CT molecular complexity index is 1480. The van der Waals surface area contributed by atoms with E-state index in [9.17, 15) is 26.0 Å². The molecule has 0 saturated carbocycles. The molecule has 2 N–H and O–H groups in total. The second kappa shape index (κ2) is 10.4. The molecule has 0 bridgehead atoms. The van der Waals surface area contributed by atoms with Gasteiger partial charge in [0.25, 0.3) is 15.9 Å². The Labute approximate surface area is 210 Å². The lowest BCUT2D eigenvalue weighted by Gasteiger charge is -2.26. The molecular formula is C25H26FN3O5S2. The van der Waals surface area contributed by atoms with Crippen LogP contribution < -0.4 is 10.0 Å². The molecule has 0 aliphatic carbocycles. The first-order chi connectivity index (χ1) is 17.1. The molecule has 0 atom stereocenters. The number of nitrogens with one attached hydrogen (secondary N) is 2. The molecule has 190 valence electrons. The van der Waals surface area contributed by atoms with Gasteiger partial charge in [-0.15, -0.1) is 0 Å². The number of sulfonamides is 2. The summed E-state index contributed by atoms with van der Waals surface area (Å²) in [6, 6.07) is 15.1. The van der Waals surface area contributed by atoms with Gasteiger partial charge in [0.15, 0.2) is 0 Å². The number of rotatable bonds is 7. The molecule has 1 aliphatic rings. The van der Waals surface area contributed by atoms with Gasteiger partial charge in [0, 0.05) is 24.3 Å². The van der Waals surface area contributed by atoms with E-state index in [-0.39, 0.29) is 21.0 Å². The minimum absolute atomic E-state index is 0.103. The third-order valence-corrected chi connectivity index (χ3v) is 9.23. The summed E-state index contributed by atoms with van der Waals surface area (Å²) in [6.45, 7) is 2.69. The lowest BCUT2D eigenvalue weighted by molar-refractivity contribution is 0.102. The van der Waals surface area contributed by atoms with E-state index in [2.05, 4.69) is 10.0 Å². The van der Waals surface area contributed by atoms with Crippen LogP contribution in [0.5, 0.6) is 0 Å². The Kier molecular flexibility index (Phi) is 7.43. The highest BCUT2D eigenvalue weighted by Gasteiger charge is 2.26. The Hall–Kier alpha value is -3.28. The van der Waals surface area contributed by atoms with E-state index in [1.807, 2.05) is 0 Å². The van der Waals surface area contributed by atoms with Gasteiger partial charge in [-0.3, -0.25) is 9.52 Å². The lowest BCUT2D eigenvalue weighted by Crippen LogP contribution is -2.35. The second-order valence-corrected chi connectivity index (χ2v) is 12.1. The van der Waals surface area contributed by atoms with Gasteiger partial charge in [-0.2, -0.15) is 4.31 Å².